The number of benzene rings is 1. The Labute approximate surface area is 86.5 Å². The van der Waals surface area contributed by atoms with Crippen LogP contribution >= 0.6 is 0 Å². The molecule has 1 aliphatic rings. The number of aliphatic hydroxyl groups excluding tert-OH is 1. The van der Waals surface area contributed by atoms with Gasteiger partial charge in [0.1, 0.15) is 0 Å². The van der Waals surface area contributed by atoms with Crippen molar-refractivity contribution < 1.29 is 24.8 Å². The molecule has 0 aromatic heterocycles. The van der Waals surface area contributed by atoms with Crippen molar-refractivity contribution in [2.45, 2.75) is 19.8 Å². The summed E-state index contributed by atoms with van der Waals surface area (Å²) >= 11 is 0. The number of methoxy groups -OCH3 is 1. The minimum absolute atomic E-state index is 0.0317. The third kappa shape index (κ3) is 1.24. The van der Waals surface area contributed by atoms with Crippen molar-refractivity contribution in [3.05, 3.63) is 16.7 Å². The van der Waals surface area contributed by atoms with E-state index < -0.39 is 6.29 Å². The zero-order valence-corrected chi connectivity index (χ0v) is 8.44. The van der Waals surface area contributed by atoms with E-state index in [2.05, 4.69) is 0 Å². The fraction of sp³-hybridized carbons (Fsp3) is 0.400. The molecule has 1 atom stereocenters. The summed E-state index contributed by atoms with van der Waals surface area (Å²) in [6.45, 7) is 1.85. The highest BCUT2D eigenvalue weighted by Gasteiger charge is 2.31. The molecule has 3 N–H and O–H groups in total. The summed E-state index contributed by atoms with van der Waals surface area (Å²) < 4.78 is 9.83. The van der Waals surface area contributed by atoms with Gasteiger partial charge in [-0.25, -0.2) is 0 Å². The second-order valence-electron chi connectivity index (χ2n) is 3.41. The van der Waals surface area contributed by atoms with Crippen LogP contribution < -0.4 is 4.74 Å². The Balaban J connectivity index is 2.75. The lowest BCUT2D eigenvalue weighted by molar-refractivity contribution is -0.0926. The maximum absolute atomic E-state index is 9.76. The van der Waals surface area contributed by atoms with Crippen molar-refractivity contribution >= 4 is 0 Å². The van der Waals surface area contributed by atoms with Crippen LogP contribution in [0.5, 0.6) is 17.2 Å². The molecule has 5 heteroatoms. The molecule has 2 rings (SSSR count). The molecule has 0 saturated carbocycles. The third-order valence-corrected chi connectivity index (χ3v) is 2.65. The van der Waals surface area contributed by atoms with Crippen molar-refractivity contribution in [2.24, 2.45) is 0 Å². The van der Waals surface area contributed by atoms with Gasteiger partial charge in [0.15, 0.2) is 17.8 Å². The van der Waals surface area contributed by atoms with Crippen LogP contribution in [0.4, 0.5) is 0 Å². The molecular weight excluding hydrogens is 200 g/mol. The van der Waals surface area contributed by atoms with Crippen LogP contribution in [0.15, 0.2) is 0 Å². The van der Waals surface area contributed by atoms with Gasteiger partial charge >= 0.3 is 0 Å². The highest BCUT2D eigenvalue weighted by Crippen LogP contribution is 2.48. The smallest absolute Gasteiger partial charge is 0.203 e. The third-order valence-electron chi connectivity index (χ3n) is 2.65. The Hall–Kier alpha value is -1.46. The van der Waals surface area contributed by atoms with Gasteiger partial charge in [-0.1, -0.05) is 0 Å². The van der Waals surface area contributed by atoms with Gasteiger partial charge in [-0.2, -0.15) is 0 Å². The summed E-state index contributed by atoms with van der Waals surface area (Å²) in [5, 5.41) is 28.9. The van der Waals surface area contributed by atoms with Crippen molar-refractivity contribution in [3.8, 4) is 17.2 Å². The molecule has 0 unspecified atom stereocenters. The molecule has 1 heterocycles. The lowest BCUT2D eigenvalue weighted by atomic mass is 10.0. The summed E-state index contributed by atoms with van der Waals surface area (Å²) in [6.07, 6.45) is -1.16. The van der Waals surface area contributed by atoms with Gasteiger partial charge in [-0.05, 0) is 12.5 Å². The second kappa shape index (κ2) is 3.29. The number of phenols is 2. The van der Waals surface area contributed by atoms with Crippen LogP contribution in [-0.2, 0) is 11.3 Å². The van der Waals surface area contributed by atoms with E-state index in [1.807, 2.05) is 0 Å². The highest BCUT2D eigenvalue weighted by atomic mass is 16.6. The number of aliphatic hydroxyl groups is 1. The maximum atomic E-state index is 9.76. The molecule has 5 nitrogen and oxygen atoms in total. The topological polar surface area (TPSA) is 79.2 Å². The number of hydrogen-bond acceptors (Lipinski definition) is 5. The van der Waals surface area contributed by atoms with Crippen molar-refractivity contribution in [1.82, 2.24) is 0 Å². The Bertz CT molecular complexity index is 413. The van der Waals surface area contributed by atoms with E-state index in [9.17, 15) is 15.3 Å². The summed E-state index contributed by atoms with van der Waals surface area (Å²) in [5.41, 5.74) is 1.44. The predicted octanol–water partition coefficient (Wildman–Crippen LogP) is 0.936. The van der Waals surface area contributed by atoms with E-state index in [-0.39, 0.29) is 29.4 Å². The first kappa shape index (κ1) is 10.1. The zero-order chi connectivity index (χ0) is 11.2. The van der Waals surface area contributed by atoms with Crippen LogP contribution in [0.2, 0.25) is 0 Å². The fourth-order valence-electron chi connectivity index (χ4n) is 1.78. The van der Waals surface area contributed by atoms with Crippen LogP contribution in [0.3, 0.4) is 0 Å². The number of rotatable bonds is 1. The molecule has 15 heavy (non-hydrogen) atoms. The molecule has 82 valence electrons. The molecule has 1 aromatic rings. The van der Waals surface area contributed by atoms with E-state index in [0.717, 1.165) is 0 Å². The Kier molecular flexibility index (Phi) is 2.21. The van der Waals surface area contributed by atoms with Crippen LogP contribution in [-0.4, -0.2) is 22.4 Å². The lowest BCUT2D eigenvalue weighted by Crippen LogP contribution is -1.97. The van der Waals surface area contributed by atoms with Gasteiger partial charge in [-0.3, -0.25) is 0 Å². The highest BCUT2D eigenvalue weighted by molar-refractivity contribution is 5.63. The van der Waals surface area contributed by atoms with E-state index >= 15 is 0 Å². The number of ether oxygens (including phenoxy) is 2. The number of phenolic OH excluding ortho intramolecular Hbond substituents is 2. The summed E-state index contributed by atoms with van der Waals surface area (Å²) in [5.74, 6) is -0.414. The number of aromatic hydroxyl groups is 2. The van der Waals surface area contributed by atoms with Gasteiger partial charge in [0.05, 0.1) is 19.3 Å². The lowest BCUT2D eigenvalue weighted by Gasteiger charge is -2.13. The van der Waals surface area contributed by atoms with Crippen molar-refractivity contribution in [3.63, 3.8) is 0 Å². The largest absolute Gasteiger partial charge is 0.504 e. The van der Waals surface area contributed by atoms with Gasteiger partial charge in [0, 0.05) is 5.56 Å². The monoisotopic (exact) mass is 212 g/mol. The molecule has 0 aliphatic carbocycles. The molecule has 0 fully saturated rings. The molecular formula is C10H12O5. The SMILES string of the molecule is COc1c(O)c(C)c2c(c1O)[C@H](O)OC2. The Morgan fingerprint density at radius 1 is 1.33 bits per heavy atom. The van der Waals surface area contributed by atoms with Gasteiger partial charge < -0.3 is 24.8 Å². The molecule has 1 aliphatic heterocycles. The first-order valence-corrected chi connectivity index (χ1v) is 4.48. The first-order valence-electron chi connectivity index (χ1n) is 4.48. The molecule has 0 saturated heterocycles. The van der Waals surface area contributed by atoms with Crippen molar-refractivity contribution in [2.75, 3.05) is 7.11 Å². The van der Waals surface area contributed by atoms with E-state index in [0.29, 0.717) is 11.1 Å². The van der Waals surface area contributed by atoms with Gasteiger partial charge in [0.25, 0.3) is 0 Å². The number of hydrogen-bond donors (Lipinski definition) is 3. The molecule has 0 amide bonds. The quantitative estimate of drug-likeness (QED) is 0.645. The minimum atomic E-state index is -1.16. The first-order chi connectivity index (χ1) is 7.07. The normalized spacial score (nSPS) is 19.0. The summed E-state index contributed by atoms with van der Waals surface area (Å²) in [6, 6.07) is 0. The molecule has 0 bridgehead atoms. The average molecular weight is 212 g/mol. The van der Waals surface area contributed by atoms with Crippen LogP contribution in [0.25, 0.3) is 0 Å². The summed E-state index contributed by atoms with van der Waals surface area (Å²) in [7, 11) is 1.34. The van der Waals surface area contributed by atoms with E-state index in [1.165, 1.54) is 7.11 Å². The predicted molar refractivity (Wildman–Crippen MR) is 50.8 cm³/mol. The number of fused-ring (bicyclic) bond motifs is 1. The van der Waals surface area contributed by atoms with Gasteiger partial charge in [-0.15, -0.1) is 0 Å². The molecule has 0 spiro atoms. The Morgan fingerprint density at radius 3 is 2.60 bits per heavy atom. The van der Waals surface area contributed by atoms with Gasteiger partial charge in [0.2, 0.25) is 5.75 Å². The summed E-state index contributed by atoms with van der Waals surface area (Å²) in [4.78, 5) is 0. The van der Waals surface area contributed by atoms with Crippen molar-refractivity contribution in [1.29, 1.82) is 0 Å². The van der Waals surface area contributed by atoms with E-state index in [1.54, 1.807) is 6.92 Å². The van der Waals surface area contributed by atoms with Crippen LogP contribution in [0.1, 0.15) is 23.0 Å². The fourth-order valence-corrected chi connectivity index (χ4v) is 1.78. The van der Waals surface area contributed by atoms with E-state index in [4.69, 9.17) is 9.47 Å². The molecule has 0 radical (unpaired) electrons. The minimum Gasteiger partial charge on any atom is -0.504 e. The van der Waals surface area contributed by atoms with Crippen LogP contribution in [0, 0.1) is 6.92 Å². The maximum Gasteiger partial charge on any atom is 0.203 e. The Morgan fingerprint density at radius 2 is 2.00 bits per heavy atom. The molecule has 1 aromatic carbocycles. The average Bonchev–Trinajstić information content (AvgIpc) is 2.58. The second-order valence-corrected chi connectivity index (χ2v) is 3.41. The zero-order valence-electron chi connectivity index (χ0n) is 8.44. The standard InChI is InChI=1S/C10H12O5/c1-4-5-3-15-10(13)6(5)8(12)9(14-2)7(4)11/h10-13H,3H2,1-2H3/t10-/m1/s1.